The van der Waals surface area contributed by atoms with Crippen molar-refractivity contribution in [1.29, 1.82) is 0 Å². The summed E-state index contributed by atoms with van der Waals surface area (Å²) < 4.78 is 1.14. The summed E-state index contributed by atoms with van der Waals surface area (Å²) in [6.07, 6.45) is 0. The largest absolute Gasteiger partial charge is 0.594 e. The summed E-state index contributed by atoms with van der Waals surface area (Å²) in [4.78, 5) is 22.2. The molecule has 0 atom stereocenters. The van der Waals surface area contributed by atoms with Gasteiger partial charge in [-0.3, -0.25) is 20.0 Å². The van der Waals surface area contributed by atoms with E-state index in [1.807, 2.05) is 0 Å². The monoisotopic (exact) mass is 294 g/mol. The fraction of sp³-hybridized carbons (Fsp3) is 0.100. The van der Waals surface area contributed by atoms with Gasteiger partial charge in [-0.1, -0.05) is 4.85 Å². The van der Waals surface area contributed by atoms with Crippen molar-refractivity contribution in [3.8, 4) is 0 Å². The number of nitrogens with zero attached hydrogens (tertiary/aromatic N) is 4. The molecule has 0 aliphatic carbocycles. The number of nitro groups is 1. The molecular weight excluding hydrogens is 284 g/mol. The van der Waals surface area contributed by atoms with Gasteiger partial charge in [0.05, 0.1) is 4.92 Å². The van der Waals surface area contributed by atoms with Gasteiger partial charge >= 0.3 is 5.69 Å². The zero-order chi connectivity index (χ0) is 15.7. The normalized spacial score (nSPS) is 10.4. The Balaban J connectivity index is 0.000000774. The summed E-state index contributed by atoms with van der Waals surface area (Å²) in [7, 11) is 0. The number of H-pyrrole nitrogens is 1. The molecule has 0 unspecified atom stereocenters. The first-order valence-corrected chi connectivity index (χ1v) is 5.54. The highest BCUT2D eigenvalue weighted by molar-refractivity contribution is 5.96. The zero-order valence-corrected chi connectivity index (χ0v) is 10.7. The number of nitrogens with two attached hydrogens (primary N) is 1. The van der Waals surface area contributed by atoms with Gasteiger partial charge < -0.3 is 10.4 Å². The van der Waals surface area contributed by atoms with Gasteiger partial charge in [0.15, 0.2) is 0 Å². The summed E-state index contributed by atoms with van der Waals surface area (Å²) in [6.45, 7) is 1.49. The number of aryl methyl sites for hydroxylation is 1. The molecule has 3 aromatic rings. The van der Waals surface area contributed by atoms with Crippen LogP contribution in [-0.2, 0) is 0 Å². The molecule has 0 aliphatic rings. The second kappa shape index (κ2) is 5.15. The Bertz CT molecular complexity index is 898. The molecule has 0 bridgehead atoms. The number of aromatic amines is 1. The van der Waals surface area contributed by atoms with Crippen molar-refractivity contribution < 1.29 is 15.0 Å². The molecule has 0 spiro atoms. The van der Waals surface area contributed by atoms with Crippen LogP contribution in [0.1, 0.15) is 5.69 Å². The third-order valence-electron chi connectivity index (χ3n) is 2.83. The van der Waals surface area contributed by atoms with E-state index in [4.69, 9.17) is 5.21 Å². The van der Waals surface area contributed by atoms with E-state index in [1.165, 1.54) is 25.1 Å². The molecule has 4 N–H and O–H groups in total. The van der Waals surface area contributed by atoms with Crippen LogP contribution in [-0.4, -0.2) is 24.8 Å². The maximum atomic E-state index is 11.5. The van der Waals surface area contributed by atoms with Crippen LogP contribution in [0.3, 0.4) is 0 Å². The molecule has 3 heterocycles. The van der Waals surface area contributed by atoms with E-state index in [9.17, 15) is 20.1 Å². The van der Waals surface area contributed by atoms with Crippen molar-refractivity contribution in [3.05, 3.63) is 49.6 Å². The molecule has 0 amide bonds. The quantitative estimate of drug-likeness (QED) is 0.232. The summed E-state index contributed by atoms with van der Waals surface area (Å²) in [5.74, 6) is 3.50. The Morgan fingerprint density at radius 3 is 2.76 bits per heavy atom. The Hall–Kier alpha value is -3.05. The number of aromatic nitrogens is 4. The van der Waals surface area contributed by atoms with Gasteiger partial charge in [-0.15, -0.1) is 0 Å². The smallest absolute Gasteiger partial charge is 0.306 e. The van der Waals surface area contributed by atoms with Gasteiger partial charge in [0.1, 0.15) is 10.9 Å². The van der Waals surface area contributed by atoms with Crippen LogP contribution in [0.5, 0.6) is 0 Å². The predicted octanol–water partition coefficient (Wildman–Crippen LogP) is -0.640. The standard InChI is InChI=1S/C10H7N5O4.H3NO/c1-5-4-6-9(15(18)19)7-2-3-8(16)11-13(7)10(6)12-14(5)17;1-2/h2-4H,1H3,(H,11,16);2H,1H2. The number of hydrogen-bond donors (Lipinski definition) is 3. The van der Waals surface area contributed by atoms with E-state index in [-0.39, 0.29) is 27.9 Å². The average Bonchev–Trinajstić information content (AvgIpc) is 2.75. The predicted molar refractivity (Wildman–Crippen MR) is 69.6 cm³/mol. The average molecular weight is 294 g/mol. The molecule has 0 saturated carbocycles. The van der Waals surface area contributed by atoms with E-state index >= 15 is 0 Å². The van der Waals surface area contributed by atoms with Crippen LogP contribution in [0, 0.1) is 22.2 Å². The van der Waals surface area contributed by atoms with Crippen molar-refractivity contribution in [1.82, 2.24) is 14.7 Å². The van der Waals surface area contributed by atoms with Crippen LogP contribution in [0.15, 0.2) is 23.0 Å². The summed E-state index contributed by atoms with van der Waals surface area (Å²) >= 11 is 0. The summed E-state index contributed by atoms with van der Waals surface area (Å²) in [5.41, 5.74) is -0.187. The Morgan fingerprint density at radius 2 is 2.14 bits per heavy atom. The second-order valence-electron chi connectivity index (χ2n) is 4.03. The highest BCUT2D eigenvalue weighted by Gasteiger charge is 2.25. The number of rotatable bonds is 1. The molecule has 0 radical (unpaired) electrons. The fourth-order valence-corrected chi connectivity index (χ4v) is 2.01. The first kappa shape index (κ1) is 14.4. The third kappa shape index (κ3) is 2.15. The first-order valence-electron chi connectivity index (χ1n) is 5.54. The van der Waals surface area contributed by atoms with Gasteiger partial charge in [0.25, 0.3) is 5.56 Å². The number of fused-ring (bicyclic) bond motifs is 3. The van der Waals surface area contributed by atoms with Crippen LogP contribution >= 0.6 is 0 Å². The maximum absolute atomic E-state index is 11.5. The van der Waals surface area contributed by atoms with E-state index in [0.29, 0.717) is 4.85 Å². The molecule has 3 aromatic heterocycles. The number of nitrogens with one attached hydrogen (secondary N) is 1. The van der Waals surface area contributed by atoms with Gasteiger partial charge in [0, 0.05) is 24.2 Å². The molecule has 11 heteroatoms. The molecular formula is C10H10N6O5. The van der Waals surface area contributed by atoms with Crippen molar-refractivity contribution in [2.75, 3.05) is 0 Å². The van der Waals surface area contributed by atoms with Crippen molar-refractivity contribution in [2.45, 2.75) is 6.92 Å². The highest BCUT2D eigenvalue weighted by atomic mass is 16.6. The molecule has 0 aromatic carbocycles. The Morgan fingerprint density at radius 1 is 1.48 bits per heavy atom. The summed E-state index contributed by atoms with van der Waals surface area (Å²) in [5, 5.41) is 35.4. The maximum Gasteiger partial charge on any atom is 0.306 e. The molecule has 11 nitrogen and oxygen atoms in total. The summed E-state index contributed by atoms with van der Waals surface area (Å²) in [6, 6.07) is 3.88. The SMILES string of the molecule is Cc1cc2c([N+](=O)[O-])c3ccc(=O)[nH]n3c2n[n+]1[O-].NO. The van der Waals surface area contributed by atoms with Gasteiger partial charge in [-0.25, -0.2) is 10.4 Å². The minimum absolute atomic E-state index is 0.0417. The topological polar surface area (TPSA) is 166 Å². The lowest BCUT2D eigenvalue weighted by Crippen LogP contribution is -2.34. The lowest BCUT2D eigenvalue weighted by molar-refractivity contribution is -0.673. The van der Waals surface area contributed by atoms with E-state index in [1.54, 1.807) is 0 Å². The Kier molecular flexibility index (Phi) is 3.52. The number of hydrogen-bond acceptors (Lipinski definition) is 7. The highest BCUT2D eigenvalue weighted by Crippen LogP contribution is 2.30. The lowest BCUT2D eigenvalue weighted by Gasteiger charge is -1.96. The molecule has 110 valence electrons. The third-order valence-corrected chi connectivity index (χ3v) is 2.83. The van der Waals surface area contributed by atoms with Gasteiger partial charge in [-0.2, -0.15) is 0 Å². The second-order valence-corrected chi connectivity index (χ2v) is 4.03. The minimum atomic E-state index is -0.563. The van der Waals surface area contributed by atoms with E-state index in [2.05, 4.69) is 16.1 Å². The van der Waals surface area contributed by atoms with Gasteiger partial charge in [-0.05, 0) is 6.07 Å². The first-order chi connectivity index (χ1) is 9.99. The molecule has 0 aliphatic heterocycles. The zero-order valence-electron chi connectivity index (χ0n) is 10.7. The fourth-order valence-electron chi connectivity index (χ4n) is 2.01. The van der Waals surface area contributed by atoms with Crippen molar-refractivity contribution in [3.63, 3.8) is 0 Å². The van der Waals surface area contributed by atoms with Crippen LogP contribution in [0.25, 0.3) is 16.6 Å². The van der Waals surface area contributed by atoms with Gasteiger partial charge in [0.2, 0.25) is 11.3 Å². The van der Waals surface area contributed by atoms with E-state index < -0.39 is 10.5 Å². The van der Waals surface area contributed by atoms with Crippen molar-refractivity contribution >= 4 is 22.2 Å². The van der Waals surface area contributed by atoms with Crippen LogP contribution < -0.4 is 16.3 Å². The van der Waals surface area contributed by atoms with E-state index in [0.717, 1.165) is 4.52 Å². The molecule has 3 rings (SSSR count). The van der Waals surface area contributed by atoms with Crippen LogP contribution in [0.2, 0.25) is 0 Å². The van der Waals surface area contributed by atoms with Crippen LogP contribution in [0.4, 0.5) is 5.69 Å². The Labute approximate surface area is 115 Å². The van der Waals surface area contributed by atoms with Crippen molar-refractivity contribution in [2.24, 2.45) is 5.90 Å². The lowest BCUT2D eigenvalue weighted by atomic mass is 10.2. The molecule has 21 heavy (non-hydrogen) atoms. The molecule has 0 fully saturated rings. The molecule has 0 saturated heterocycles. The minimum Gasteiger partial charge on any atom is -0.594 e.